The number of anilines is 1. The van der Waals surface area contributed by atoms with Crippen molar-refractivity contribution in [2.45, 2.75) is 24.6 Å². The second-order valence-corrected chi connectivity index (χ2v) is 5.81. The zero-order valence-electron chi connectivity index (χ0n) is 7.07. The zero-order chi connectivity index (χ0) is 8.60. The van der Waals surface area contributed by atoms with Crippen LogP contribution in [0.4, 0.5) is 5.13 Å². The van der Waals surface area contributed by atoms with Gasteiger partial charge in [0.1, 0.15) is 6.33 Å². The smallest absolute Gasteiger partial charge is 0.202 e. The van der Waals surface area contributed by atoms with Gasteiger partial charge < -0.3 is 5.32 Å². The third-order valence-corrected chi connectivity index (χ3v) is 4.24. The van der Waals surface area contributed by atoms with Crippen molar-refractivity contribution in [3.05, 3.63) is 6.33 Å². The summed E-state index contributed by atoms with van der Waals surface area (Å²) in [5.74, 6) is 1.17. The fourth-order valence-electron chi connectivity index (χ4n) is 1.10. The van der Waals surface area contributed by atoms with E-state index < -0.39 is 0 Å². The van der Waals surface area contributed by atoms with Gasteiger partial charge in [-0.2, -0.15) is 16.1 Å². The molecule has 0 spiro atoms. The molecule has 66 valence electrons. The van der Waals surface area contributed by atoms with Crippen molar-refractivity contribution in [2.75, 3.05) is 11.1 Å². The second kappa shape index (κ2) is 2.88. The minimum atomic E-state index is 0.353. The molecule has 2 rings (SSSR count). The molecular weight excluding hydrogens is 190 g/mol. The fourth-order valence-corrected chi connectivity index (χ4v) is 2.73. The molecule has 0 amide bonds. The first-order valence-electron chi connectivity index (χ1n) is 3.86. The Hall–Kier alpha value is -0.290. The van der Waals surface area contributed by atoms with Gasteiger partial charge in [-0.25, -0.2) is 4.98 Å². The molecule has 1 fully saturated rings. The molecule has 3 nitrogen and oxygen atoms in total. The second-order valence-electron chi connectivity index (χ2n) is 3.36. The third-order valence-electron chi connectivity index (χ3n) is 2.12. The summed E-state index contributed by atoms with van der Waals surface area (Å²) in [6.07, 6.45) is 1.59. The molecule has 2 heterocycles. The van der Waals surface area contributed by atoms with E-state index in [1.807, 2.05) is 11.8 Å². The number of nitrogens with zero attached hydrogens (tertiary/aromatic N) is 2. The predicted molar refractivity (Wildman–Crippen MR) is 53.9 cm³/mol. The first-order valence-corrected chi connectivity index (χ1v) is 5.61. The zero-order valence-corrected chi connectivity index (χ0v) is 8.71. The number of rotatable bonds is 2. The maximum atomic E-state index is 4.09. The molecule has 12 heavy (non-hydrogen) atoms. The van der Waals surface area contributed by atoms with E-state index in [0.29, 0.717) is 10.8 Å². The minimum Gasteiger partial charge on any atom is -0.355 e. The van der Waals surface area contributed by atoms with Crippen LogP contribution >= 0.6 is 23.3 Å². The number of aromatic nitrogens is 2. The third kappa shape index (κ3) is 1.43. The van der Waals surface area contributed by atoms with E-state index in [2.05, 4.69) is 28.5 Å². The number of thioether (sulfide) groups is 1. The first-order chi connectivity index (χ1) is 5.68. The van der Waals surface area contributed by atoms with Crippen LogP contribution in [0.5, 0.6) is 0 Å². The summed E-state index contributed by atoms with van der Waals surface area (Å²) in [4.78, 5) is 4.09. The molecule has 1 atom stereocenters. The van der Waals surface area contributed by atoms with Crippen LogP contribution in [0, 0.1) is 0 Å². The number of hydrogen-bond donors (Lipinski definition) is 1. The van der Waals surface area contributed by atoms with E-state index in [1.54, 1.807) is 6.33 Å². The summed E-state index contributed by atoms with van der Waals surface area (Å²) >= 11 is 3.41. The molecule has 1 aliphatic rings. The normalized spacial score (nSPS) is 26.3. The van der Waals surface area contributed by atoms with Gasteiger partial charge in [0.15, 0.2) is 0 Å². The lowest BCUT2D eigenvalue weighted by Crippen LogP contribution is -2.50. The van der Waals surface area contributed by atoms with E-state index >= 15 is 0 Å². The highest BCUT2D eigenvalue weighted by Crippen LogP contribution is 2.41. The van der Waals surface area contributed by atoms with Gasteiger partial charge in [-0.1, -0.05) is 0 Å². The van der Waals surface area contributed by atoms with Crippen LogP contribution in [-0.2, 0) is 0 Å². The Labute approximate surface area is 80.1 Å². The molecule has 1 aromatic heterocycles. The lowest BCUT2D eigenvalue weighted by atomic mass is 10.0. The Bertz CT molecular complexity index is 258. The van der Waals surface area contributed by atoms with Crippen molar-refractivity contribution in [1.82, 2.24) is 9.36 Å². The van der Waals surface area contributed by atoms with Crippen LogP contribution in [0.3, 0.4) is 0 Å². The van der Waals surface area contributed by atoms with Crippen LogP contribution in [0.15, 0.2) is 6.33 Å². The van der Waals surface area contributed by atoms with Gasteiger partial charge in [0.05, 0.1) is 6.04 Å². The largest absolute Gasteiger partial charge is 0.355 e. The fraction of sp³-hybridized carbons (Fsp3) is 0.714. The Balaban J connectivity index is 1.97. The standard InChI is InChI=1S/C7H11N3S2/c1-7(2)5(3-11-7)10-6-8-4-9-12-6/h4-5H,3H2,1-2H3,(H,8,9,10). The molecule has 1 N–H and O–H groups in total. The minimum absolute atomic E-state index is 0.353. The van der Waals surface area contributed by atoms with Crippen molar-refractivity contribution >= 4 is 28.4 Å². The van der Waals surface area contributed by atoms with Gasteiger partial charge in [0, 0.05) is 22.0 Å². The monoisotopic (exact) mass is 201 g/mol. The lowest BCUT2D eigenvalue weighted by molar-refractivity contribution is 0.576. The van der Waals surface area contributed by atoms with Gasteiger partial charge in [0.2, 0.25) is 5.13 Å². The molecule has 1 saturated heterocycles. The summed E-state index contributed by atoms with van der Waals surface area (Å²) in [5.41, 5.74) is 0. The quantitative estimate of drug-likeness (QED) is 0.792. The average molecular weight is 201 g/mol. The number of nitrogens with one attached hydrogen (secondary N) is 1. The molecule has 1 aliphatic heterocycles. The van der Waals surface area contributed by atoms with Gasteiger partial charge in [-0.05, 0) is 13.8 Å². The highest BCUT2D eigenvalue weighted by molar-refractivity contribution is 8.02. The first kappa shape index (κ1) is 8.31. The highest BCUT2D eigenvalue weighted by Gasteiger charge is 2.39. The van der Waals surface area contributed by atoms with Gasteiger partial charge in [-0.15, -0.1) is 0 Å². The van der Waals surface area contributed by atoms with Crippen LogP contribution in [-0.4, -0.2) is 25.9 Å². The Morgan fingerprint density at radius 3 is 2.92 bits per heavy atom. The predicted octanol–water partition coefficient (Wildman–Crippen LogP) is 1.84. The molecule has 0 aromatic carbocycles. The van der Waals surface area contributed by atoms with Crippen LogP contribution in [0.1, 0.15) is 13.8 Å². The number of hydrogen-bond acceptors (Lipinski definition) is 5. The maximum absolute atomic E-state index is 4.09. The molecule has 1 unspecified atom stereocenters. The van der Waals surface area contributed by atoms with E-state index in [0.717, 1.165) is 5.13 Å². The highest BCUT2D eigenvalue weighted by atomic mass is 32.2. The van der Waals surface area contributed by atoms with E-state index in [9.17, 15) is 0 Å². The van der Waals surface area contributed by atoms with Crippen LogP contribution < -0.4 is 5.32 Å². The van der Waals surface area contributed by atoms with E-state index in [1.165, 1.54) is 17.3 Å². The summed E-state index contributed by atoms with van der Waals surface area (Å²) < 4.78 is 4.30. The summed E-state index contributed by atoms with van der Waals surface area (Å²) in [6.45, 7) is 4.50. The lowest BCUT2D eigenvalue weighted by Gasteiger charge is -2.43. The molecule has 1 aromatic rings. The van der Waals surface area contributed by atoms with Crippen molar-refractivity contribution in [2.24, 2.45) is 0 Å². The van der Waals surface area contributed by atoms with Crippen molar-refractivity contribution < 1.29 is 0 Å². The van der Waals surface area contributed by atoms with Crippen molar-refractivity contribution in [3.8, 4) is 0 Å². The molecular formula is C7H11N3S2. The van der Waals surface area contributed by atoms with Gasteiger partial charge >= 0.3 is 0 Å². The van der Waals surface area contributed by atoms with E-state index in [-0.39, 0.29) is 0 Å². The summed E-state index contributed by atoms with van der Waals surface area (Å²) in [7, 11) is 0. The Kier molecular flexibility index (Phi) is 2.00. The molecule has 0 aliphatic carbocycles. The molecule has 0 radical (unpaired) electrons. The topological polar surface area (TPSA) is 37.8 Å². The SMILES string of the molecule is CC1(C)SCC1Nc1ncns1. The molecule has 0 bridgehead atoms. The van der Waals surface area contributed by atoms with Crippen LogP contribution in [0.2, 0.25) is 0 Å². The molecule has 0 saturated carbocycles. The van der Waals surface area contributed by atoms with E-state index in [4.69, 9.17) is 0 Å². The van der Waals surface area contributed by atoms with Crippen molar-refractivity contribution in [3.63, 3.8) is 0 Å². The van der Waals surface area contributed by atoms with Crippen molar-refractivity contribution in [1.29, 1.82) is 0 Å². The van der Waals surface area contributed by atoms with Gasteiger partial charge in [0.25, 0.3) is 0 Å². The van der Waals surface area contributed by atoms with Crippen LogP contribution in [0.25, 0.3) is 0 Å². The Morgan fingerprint density at radius 2 is 2.50 bits per heavy atom. The average Bonchev–Trinajstić information content (AvgIpc) is 2.50. The summed E-state index contributed by atoms with van der Waals surface area (Å²) in [5, 5.41) is 4.31. The summed E-state index contributed by atoms with van der Waals surface area (Å²) in [6, 6.07) is 0.551. The Morgan fingerprint density at radius 1 is 1.67 bits per heavy atom. The van der Waals surface area contributed by atoms with Gasteiger partial charge in [-0.3, -0.25) is 0 Å². The molecule has 5 heteroatoms. The maximum Gasteiger partial charge on any atom is 0.202 e.